The highest BCUT2D eigenvalue weighted by Crippen LogP contribution is 2.39. The number of aryl methyl sites for hydroxylation is 1. The molecule has 1 heterocycles. The number of hydrogen-bond acceptors (Lipinski definition) is 2. The van der Waals surface area contributed by atoms with Crippen LogP contribution in [0.5, 0.6) is 0 Å². The largest absolute Gasteiger partial charge is 0.311 e. The Labute approximate surface area is 118 Å². The molecule has 0 aromatic carbocycles. The second-order valence-electron chi connectivity index (χ2n) is 5.46. The summed E-state index contributed by atoms with van der Waals surface area (Å²) in [6, 6.07) is 0.421. The summed E-state index contributed by atoms with van der Waals surface area (Å²) in [4.78, 5) is 0. The number of nitrogens with one attached hydrogen (secondary N) is 1. The van der Waals surface area contributed by atoms with Crippen molar-refractivity contribution in [1.82, 2.24) is 15.1 Å². The summed E-state index contributed by atoms with van der Waals surface area (Å²) in [6.07, 6.45) is 8.68. The average Bonchev–Trinajstić information content (AvgIpc) is 2.72. The van der Waals surface area contributed by atoms with Crippen LogP contribution in [0.3, 0.4) is 0 Å². The molecule has 0 aliphatic heterocycles. The fraction of sp³-hybridized carbons (Fsp3) is 0.786. The standard InChI is InChI=1S/C14H24BrN3/c1-4-10-5-7-11(8-6-10)13(16-2)14-12(15)9-17-18(14)3/h9-11,13,16H,4-8H2,1-3H3. The highest BCUT2D eigenvalue weighted by Gasteiger charge is 2.29. The van der Waals surface area contributed by atoms with E-state index in [0.717, 1.165) is 16.3 Å². The fourth-order valence-corrected chi connectivity index (χ4v) is 3.89. The van der Waals surface area contributed by atoms with Crippen LogP contribution < -0.4 is 5.32 Å². The first-order chi connectivity index (χ1) is 8.67. The molecule has 1 aromatic rings. The molecular formula is C14H24BrN3. The molecule has 0 bridgehead atoms. The Morgan fingerprint density at radius 1 is 1.44 bits per heavy atom. The van der Waals surface area contributed by atoms with E-state index in [9.17, 15) is 0 Å². The van der Waals surface area contributed by atoms with Gasteiger partial charge in [-0.15, -0.1) is 0 Å². The van der Waals surface area contributed by atoms with Crippen molar-refractivity contribution in [3.05, 3.63) is 16.4 Å². The van der Waals surface area contributed by atoms with Gasteiger partial charge < -0.3 is 5.32 Å². The molecule has 1 atom stereocenters. The summed E-state index contributed by atoms with van der Waals surface area (Å²) in [5, 5.41) is 7.84. The Morgan fingerprint density at radius 3 is 2.56 bits per heavy atom. The first-order valence-electron chi connectivity index (χ1n) is 7.02. The van der Waals surface area contributed by atoms with Gasteiger partial charge in [-0.2, -0.15) is 5.10 Å². The topological polar surface area (TPSA) is 29.9 Å². The predicted octanol–water partition coefficient (Wildman–Crippen LogP) is 3.66. The maximum absolute atomic E-state index is 4.34. The van der Waals surface area contributed by atoms with Crippen LogP contribution in [0.25, 0.3) is 0 Å². The molecular weight excluding hydrogens is 290 g/mol. The van der Waals surface area contributed by atoms with Crippen LogP contribution in [-0.4, -0.2) is 16.8 Å². The first kappa shape index (κ1) is 14.1. The molecule has 1 unspecified atom stereocenters. The van der Waals surface area contributed by atoms with E-state index in [2.05, 4.69) is 40.3 Å². The van der Waals surface area contributed by atoms with E-state index in [1.807, 2.05) is 17.9 Å². The highest BCUT2D eigenvalue weighted by atomic mass is 79.9. The second-order valence-corrected chi connectivity index (χ2v) is 6.31. The van der Waals surface area contributed by atoms with Gasteiger partial charge in [0.1, 0.15) is 0 Å². The van der Waals surface area contributed by atoms with E-state index in [-0.39, 0.29) is 0 Å². The minimum absolute atomic E-state index is 0.421. The lowest BCUT2D eigenvalue weighted by molar-refractivity contribution is 0.219. The molecule has 1 fully saturated rings. The number of rotatable bonds is 4. The van der Waals surface area contributed by atoms with Crippen LogP contribution in [0.15, 0.2) is 10.7 Å². The molecule has 0 saturated heterocycles. The number of hydrogen-bond donors (Lipinski definition) is 1. The monoisotopic (exact) mass is 313 g/mol. The van der Waals surface area contributed by atoms with Crippen LogP contribution in [0.1, 0.15) is 50.8 Å². The molecule has 1 aliphatic carbocycles. The van der Waals surface area contributed by atoms with Crippen LogP contribution in [0.4, 0.5) is 0 Å². The minimum Gasteiger partial charge on any atom is -0.311 e. The Bertz CT molecular complexity index is 361. The van der Waals surface area contributed by atoms with Gasteiger partial charge in [-0.25, -0.2) is 0 Å². The molecule has 1 N–H and O–H groups in total. The fourth-order valence-electron chi connectivity index (χ4n) is 3.30. The zero-order valence-corrected chi connectivity index (χ0v) is 13.2. The van der Waals surface area contributed by atoms with Crippen molar-refractivity contribution in [1.29, 1.82) is 0 Å². The van der Waals surface area contributed by atoms with Gasteiger partial charge in [-0.3, -0.25) is 4.68 Å². The van der Waals surface area contributed by atoms with Gasteiger partial charge in [0.2, 0.25) is 0 Å². The Hall–Kier alpha value is -0.350. The van der Waals surface area contributed by atoms with Crippen LogP contribution in [0, 0.1) is 11.8 Å². The van der Waals surface area contributed by atoms with Crippen molar-refractivity contribution in [2.75, 3.05) is 7.05 Å². The molecule has 1 aromatic heterocycles. The van der Waals surface area contributed by atoms with Gasteiger partial charge in [0.25, 0.3) is 0 Å². The minimum atomic E-state index is 0.421. The SMILES string of the molecule is CCC1CCC(C(NC)c2c(Br)cnn2C)CC1. The van der Waals surface area contributed by atoms with Crippen LogP contribution in [-0.2, 0) is 7.05 Å². The summed E-state index contributed by atoms with van der Waals surface area (Å²) in [5.74, 6) is 1.69. The van der Waals surface area contributed by atoms with Gasteiger partial charge in [-0.05, 0) is 47.7 Å². The average molecular weight is 314 g/mol. The third kappa shape index (κ3) is 2.80. The molecule has 0 spiro atoms. The van der Waals surface area contributed by atoms with Gasteiger partial charge in [-0.1, -0.05) is 26.2 Å². The molecule has 18 heavy (non-hydrogen) atoms. The molecule has 0 amide bonds. The van der Waals surface area contributed by atoms with Crippen LogP contribution >= 0.6 is 15.9 Å². The number of nitrogens with zero attached hydrogens (tertiary/aromatic N) is 2. The Morgan fingerprint density at radius 2 is 2.11 bits per heavy atom. The van der Waals surface area contributed by atoms with Crippen molar-refractivity contribution in [3.8, 4) is 0 Å². The number of aromatic nitrogens is 2. The molecule has 4 heteroatoms. The smallest absolute Gasteiger partial charge is 0.0695 e. The molecule has 1 aliphatic rings. The Balaban J connectivity index is 2.10. The summed E-state index contributed by atoms with van der Waals surface area (Å²) < 4.78 is 3.12. The molecule has 2 rings (SSSR count). The second kappa shape index (κ2) is 6.20. The zero-order chi connectivity index (χ0) is 13.1. The van der Waals surface area contributed by atoms with Crippen molar-refractivity contribution in [3.63, 3.8) is 0 Å². The van der Waals surface area contributed by atoms with Gasteiger partial charge in [0, 0.05) is 7.05 Å². The van der Waals surface area contributed by atoms with E-state index in [1.165, 1.54) is 37.8 Å². The number of halogens is 1. The molecule has 0 radical (unpaired) electrons. The summed E-state index contributed by atoms with van der Waals surface area (Å²) in [6.45, 7) is 2.32. The summed E-state index contributed by atoms with van der Waals surface area (Å²) >= 11 is 3.63. The zero-order valence-electron chi connectivity index (χ0n) is 11.6. The normalized spacial score (nSPS) is 26.2. The van der Waals surface area contributed by atoms with Crippen molar-refractivity contribution >= 4 is 15.9 Å². The summed E-state index contributed by atoms with van der Waals surface area (Å²) in [7, 11) is 4.10. The lowest BCUT2D eigenvalue weighted by Gasteiger charge is -2.33. The van der Waals surface area contributed by atoms with E-state index in [0.29, 0.717) is 6.04 Å². The van der Waals surface area contributed by atoms with Crippen molar-refractivity contribution in [2.45, 2.75) is 45.1 Å². The van der Waals surface area contributed by atoms with Crippen molar-refractivity contribution < 1.29 is 0 Å². The first-order valence-corrected chi connectivity index (χ1v) is 7.81. The molecule has 102 valence electrons. The van der Waals surface area contributed by atoms with Gasteiger partial charge in [0.05, 0.1) is 22.4 Å². The summed E-state index contributed by atoms with van der Waals surface area (Å²) in [5.41, 5.74) is 1.29. The highest BCUT2D eigenvalue weighted by molar-refractivity contribution is 9.10. The predicted molar refractivity (Wildman–Crippen MR) is 78.4 cm³/mol. The lowest BCUT2D eigenvalue weighted by Crippen LogP contribution is -2.30. The third-order valence-corrected chi connectivity index (χ3v) is 5.09. The quantitative estimate of drug-likeness (QED) is 0.919. The van der Waals surface area contributed by atoms with Crippen LogP contribution in [0.2, 0.25) is 0 Å². The van der Waals surface area contributed by atoms with E-state index >= 15 is 0 Å². The Kier molecular flexibility index (Phi) is 4.84. The van der Waals surface area contributed by atoms with E-state index in [1.54, 1.807) is 0 Å². The maximum atomic E-state index is 4.34. The third-order valence-electron chi connectivity index (χ3n) is 4.48. The van der Waals surface area contributed by atoms with Gasteiger partial charge in [0.15, 0.2) is 0 Å². The molecule has 3 nitrogen and oxygen atoms in total. The van der Waals surface area contributed by atoms with E-state index in [4.69, 9.17) is 0 Å². The van der Waals surface area contributed by atoms with Crippen molar-refractivity contribution in [2.24, 2.45) is 18.9 Å². The lowest BCUT2D eigenvalue weighted by atomic mass is 9.77. The maximum Gasteiger partial charge on any atom is 0.0695 e. The van der Waals surface area contributed by atoms with E-state index < -0.39 is 0 Å². The molecule has 1 saturated carbocycles. The van der Waals surface area contributed by atoms with Gasteiger partial charge >= 0.3 is 0 Å².